The highest BCUT2D eigenvalue weighted by molar-refractivity contribution is 5.77. The lowest BCUT2D eigenvalue weighted by molar-refractivity contribution is -0.142. The molecule has 1 aromatic heterocycles. The average molecular weight is 320 g/mol. The van der Waals surface area contributed by atoms with Crippen molar-refractivity contribution in [2.75, 3.05) is 26.7 Å². The summed E-state index contributed by atoms with van der Waals surface area (Å²) in [5.74, 6) is 2.02. The summed E-state index contributed by atoms with van der Waals surface area (Å²) in [6.45, 7) is 3.27. The molecule has 0 N–H and O–H groups in total. The van der Waals surface area contributed by atoms with E-state index in [0.29, 0.717) is 18.6 Å². The Kier molecular flexibility index (Phi) is 4.07. The first-order valence-corrected chi connectivity index (χ1v) is 8.64. The van der Waals surface area contributed by atoms with Gasteiger partial charge < -0.3 is 9.26 Å². The Hall–Kier alpha value is -1.47. The maximum absolute atomic E-state index is 11.8. The zero-order chi connectivity index (χ0) is 15.8. The summed E-state index contributed by atoms with van der Waals surface area (Å²) in [5, 5.41) is 4.12. The van der Waals surface area contributed by atoms with E-state index >= 15 is 0 Å². The standard InChI is InChI=1S/C16H24N4O3/c1-19(13-6-8-22-16(13)21)12-3-2-7-20(9-12)10-14-17-15(23-18-14)11-4-5-11/h11-13H,2-10H2,1H3/t12-,13+/m1/s1. The van der Waals surface area contributed by atoms with Crippen LogP contribution in [0.15, 0.2) is 4.52 Å². The SMILES string of the molecule is CN([C@@H]1CCCN(Cc2noc(C3CC3)n2)C1)[C@H]1CCOC1=O. The zero-order valence-electron chi connectivity index (χ0n) is 13.6. The van der Waals surface area contributed by atoms with Crippen molar-refractivity contribution in [1.29, 1.82) is 0 Å². The summed E-state index contributed by atoms with van der Waals surface area (Å²) in [7, 11) is 2.05. The molecule has 126 valence electrons. The number of hydrogen-bond acceptors (Lipinski definition) is 7. The van der Waals surface area contributed by atoms with Crippen molar-refractivity contribution in [3.8, 4) is 0 Å². The Morgan fingerprint density at radius 3 is 2.91 bits per heavy atom. The van der Waals surface area contributed by atoms with Crippen LogP contribution >= 0.6 is 0 Å². The molecule has 4 rings (SSSR count). The summed E-state index contributed by atoms with van der Waals surface area (Å²) in [4.78, 5) is 20.9. The summed E-state index contributed by atoms with van der Waals surface area (Å²) in [6, 6.07) is 0.306. The van der Waals surface area contributed by atoms with Gasteiger partial charge in [-0.3, -0.25) is 14.6 Å². The van der Waals surface area contributed by atoms with E-state index in [-0.39, 0.29) is 12.0 Å². The Morgan fingerprint density at radius 2 is 2.17 bits per heavy atom. The Balaban J connectivity index is 1.35. The molecule has 0 radical (unpaired) electrons. The highest BCUT2D eigenvalue weighted by Gasteiger charge is 2.36. The van der Waals surface area contributed by atoms with Gasteiger partial charge in [-0.2, -0.15) is 4.98 Å². The van der Waals surface area contributed by atoms with Crippen molar-refractivity contribution < 1.29 is 14.1 Å². The number of cyclic esters (lactones) is 1. The van der Waals surface area contributed by atoms with Crippen LogP contribution in [0.2, 0.25) is 0 Å². The smallest absolute Gasteiger partial charge is 0.323 e. The minimum Gasteiger partial charge on any atom is -0.464 e. The molecule has 7 heteroatoms. The van der Waals surface area contributed by atoms with Crippen molar-refractivity contribution in [2.45, 2.75) is 56.7 Å². The lowest BCUT2D eigenvalue weighted by Gasteiger charge is -2.38. The molecule has 2 aliphatic heterocycles. The predicted octanol–water partition coefficient (Wildman–Crippen LogP) is 1.16. The molecule has 3 fully saturated rings. The highest BCUT2D eigenvalue weighted by Crippen LogP contribution is 2.38. The third-order valence-corrected chi connectivity index (χ3v) is 5.23. The number of ether oxygens (including phenoxy) is 1. The van der Waals surface area contributed by atoms with Crippen LogP contribution in [0.4, 0.5) is 0 Å². The van der Waals surface area contributed by atoms with Gasteiger partial charge >= 0.3 is 5.97 Å². The molecule has 0 amide bonds. The van der Waals surface area contributed by atoms with E-state index < -0.39 is 0 Å². The van der Waals surface area contributed by atoms with E-state index in [0.717, 1.165) is 50.6 Å². The van der Waals surface area contributed by atoms with E-state index in [2.05, 4.69) is 19.9 Å². The molecular formula is C16H24N4O3. The van der Waals surface area contributed by atoms with Gasteiger partial charge in [0.25, 0.3) is 0 Å². The van der Waals surface area contributed by atoms with E-state index in [9.17, 15) is 4.79 Å². The molecule has 7 nitrogen and oxygen atoms in total. The molecule has 23 heavy (non-hydrogen) atoms. The topological polar surface area (TPSA) is 71.7 Å². The maximum atomic E-state index is 11.8. The molecule has 2 saturated heterocycles. The predicted molar refractivity (Wildman–Crippen MR) is 81.7 cm³/mol. The van der Waals surface area contributed by atoms with Crippen molar-refractivity contribution >= 4 is 5.97 Å². The number of nitrogens with zero attached hydrogens (tertiary/aromatic N) is 4. The first-order valence-electron chi connectivity index (χ1n) is 8.64. The van der Waals surface area contributed by atoms with Gasteiger partial charge in [-0.1, -0.05) is 5.16 Å². The molecule has 2 atom stereocenters. The van der Waals surface area contributed by atoms with Gasteiger partial charge in [0, 0.05) is 24.9 Å². The van der Waals surface area contributed by atoms with Crippen molar-refractivity contribution in [3.63, 3.8) is 0 Å². The minimum absolute atomic E-state index is 0.0723. The monoisotopic (exact) mass is 320 g/mol. The molecular weight excluding hydrogens is 296 g/mol. The van der Waals surface area contributed by atoms with Gasteiger partial charge in [0.15, 0.2) is 5.82 Å². The molecule has 3 heterocycles. The summed E-state index contributed by atoms with van der Waals surface area (Å²) < 4.78 is 10.4. The molecule has 1 aromatic rings. The van der Waals surface area contributed by atoms with Crippen molar-refractivity contribution in [2.24, 2.45) is 0 Å². The quantitative estimate of drug-likeness (QED) is 0.754. The van der Waals surface area contributed by atoms with Crippen LogP contribution in [0.3, 0.4) is 0 Å². The number of esters is 1. The van der Waals surface area contributed by atoms with Gasteiger partial charge in [0.05, 0.1) is 13.2 Å². The lowest BCUT2D eigenvalue weighted by atomic mass is 10.0. The second-order valence-electron chi connectivity index (χ2n) is 6.99. The van der Waals surface area contributed by atoms with E-state index in [1.807, 2.05) is 7.05 Å². The minimum atomic E-state index is -0.0772. The van der Waals surface area contributed by atoms with E-state index in [1.54, 1.807) is 0 Å². The number of piperidine rings is 1. The van der Waals surface area contributed by atoms with Crippen LogP contribution in [0.1, 0.15) is 49.7 Å². The molecule has 0 spiro atoms. The molecule has 1 aliphatic carbocycles. The molecule has 0 unspecified atom stereocenters. The van der Waals surface area contributed by atoms with Gasteiger partial charge in [0.1, 0.15) is 6.04 Å². The van der Waals surface area contributed by atoms with Gasteiger partial charge in [-0.15, -0.1) is 0 Å². The average Bonchev–Trinajstić information content (AvgIpc) is 3.16. The van der Waals surface area contributed by atoms with Crippen LogP contribution in [0.5, 0.6) is 0 Å². The molecule has 0 bridgehead atoms. The van der Waals surface area contributed by atoms with E-state index in [1.165, 1.54) is 12.8 Å². The van der Waals surface area contributed by atoms with Gasteiger partial charge in [-0.25, -0.2) is 0 Å². The number of likely N-dealkylation sites (N-methyl/N-ethyl adjacent to an activating group) is 1. The second-order valence-corrected chi connectivity index (χ2v) is 6.99. The van der Waals surface area contributed by atoms with Crippen LogP contribution in [-0.4, -0.2) is 64.7 Å². The highest BCUT2D eigenvalue weighted by atomic mass is 16.5. The van der Waals surface area contributed by atoms with Crippen molar-refractivity contribution in [3.05, 3.63) is 11.7 Å². The third kappa shape index (κ3) is 3.26. The largest absolute Gasteiger partial charge is 0.464 e. The van der Waals surface area contributed by atoms with Crippen molar-refractivity contribution in [1.82, 2.24) is 19.9 Å². The Labute approximate surface area is 136 Å². The van der Waals surface area contributed by atoms with Crippen LogP contribution in [0, 0.1) is 0 Å². The van der Waals surface area contributed by atoms with Crippen LogP contribution in [-0.2, 0) is 16.1 Å². The van der Waals surface area contributed by atoms with Gasteiger partial charge in [-0.05, 0) is 39.3 Å². The van der Waals surface area contributed by atoms with Crippen LogP contribution in [0.25, 0.3) is 0 Å². The second kappa shape index (κ2) is 6.20. The Morgan fingerprint density at radius 1 is 1.30 bits per heavy atom. The fourth-order valence-electron chi connectivity index (χ4n) is 3.64. The Bertz CT molecular complexity index is 571. The molecule has 0 aromatic carbocycles. The number of rotatable bonds is 5. The number of aromatic nitrogens is 2. The van der Waals surface area contributed by atoms with Gasteiger partial charge in [0.2, 0.25) is 5.89 Å². The molecule has 1 saturated carbocycles. The number of likely N-dealkylation sites (tertiary alicyclic amines) is 1. The maximum Gasteiger partial charge on any atom is 0.323 e. The number of carbonyl (C=O) groups is 1. The fraction of sp³-hybridized carbons (Fsp3) is 0.812. The summed E-state index contributed by atoms with van der Waals surface area (Å²) in [5.41, 5.74) is 0. The van der Waals surface area contributed by atoms with E-state index in [4.69, 9.17) is 9.26 Å². The first kappa shape index (κ1) is 15.1. The fourth-order valence-corrected chi connectivity index (χ4v) is 3.64. The van der Waals surface area contributed by atoms with Crippen LogP contribution < -0.4 is 0 Å². The summed E-state index contributed by atoms with van der Waals surface area (Å²) in [6.07, 6.45) is 5.41. The summed E-state index contributed by atoms with van der Waals surface area (Å²) >= 11 is 0. The first-order chi connectivity index (χ1) is 11.2. The lowest BCUT2D eigenvalue weighted by Crippen LogP contribution is -2.50. The molecule has 3 aliphatic rings. The third-order valence-electron chi connectivity index (χ3n) is 5.23. The zero-order valence-corrected chi connectivity index (χ0v) is 13.6. The number of hydrogen-bond donors (Lipinski definition) is 0. The normalized spacial score (nSPS) is 29.2. The number of carbonyl (C=O) groups excluding carboxylic acids is 1.